The quantitative estimate of drug-likeness (QED) is 0.220. The van der Waals surface area contributed by atoms with E-state index in [1.54, 1.807) is 0 Å². The van der Waals surface area contributed by atoms with Crippen LogP contribution in [-0.2, 0) is 34.1 Å². The Balaban J connectivity index is 1.60. The van der Waals surface area contributed by atoms with Gasteiger partial charge >= 0.3 is 260 Å². The number of benzene rings is 3. The Bertz CT molecular complexity index is 1750. The number of rotatable bonds is 0. The summed E-state index contributed by atoms with van der Waals surface area (Å²) in [5, 5.41) is 0. The van der Waals surface area contributed by atoms with Gasteiger partial charge in [0, 0.05) is 0 Å². The van der Waals surface area contributed by atoms with Crippen molar-refractivity contribution in [3.05, 3.63) is 95.3 Å². The summed E-state index contributed by atoms with van der Waals surface area (Å²) in [6, 6.07) is 27.1. The Morgan fingerprint density at radius 3 is 2.07 bits per heavy atom. The summed E-state index contributed by atoms with van der Waals surface area (Å²) >= 11 is -0.616. The SMILES string of the molecule is CC1=CN2[C]3=[Pt]=[C]4N(c5ccccc5N4C(C)(C)N13)C(C)(C)c1[c-]c(cc(C(C)(C)C)c1)Oc1[c-]c(ccc1)C2(C)C. The Morgan fingerprint density at radius 2 is 1.38 bits per heavy atom. The number of nitrogens with zero attached hydrogens (tertiary/aromatic N) is 4. The van der Waals surface area contributed by atoms with E-state index >= 15 is 0 Å². The molecular formula is C36H40N4OPt-2. The number of hydrogen-bond donors (Lipinski definition) is 0. The first kappa shape index (κ1) is 27.6. The van der Waals surface area contributed by atoms with Gasteiger partial charge in [-0.15, -0.1) is 0 Å². The van der Waals surface area contributed by atoms with Crippen molar-refractivity contribution in [2.45, 2.75) is 91.4 Å². The molecule has 6 bridgehead atoms. The molecule has 7 rings (SSSR count). The monoisotopic (exact) mass is 739 g/mol. The topological polar surface area (TPSA) is 22.2 Å². The Kier molecular flexibility index (Phi) is 5.72. The van der Waals surface area contributed by atoms with E-state index in [1.807, 2.05) is 6.07 Å². The van der Waals surface area contributed by atoms with Crippen LogP contribution in [0.15, 0.2) is 66.5 Å². The number of hydrogen-bond acceptors (Lipinski definition) is 5. The summed E-state index contributed by atoms with van der Waals surface area (Å²) in [6.07, 6.45) is 2.35. The molecule has 0 aliphatic carbocycles. The third-order valence-electron chi connectivity index (χ3n) is 9.14. The van der Waals surface area contributed by atoms with Gasteiger partial charge < -0.3 is 0 Å². The summed E-state index contributed by atoms with van der Waals surface area (Å²) in [5.41, 5.74) is 6.16. The first-order valence-corrected chi connectivity index (χ1v) is 17.0. The average Bonchev–Trinajstić information content (AvgIpc) is 3.44. The van der Waals surface area contributed by atoms with Crippen LogP contribution >= 0.6 is 0 Å². The van der Waals surface area contributed by atoms with Crippen LogP contribution in [0.25, 0.3) is 0 Å². The second-order valence-corrected chi connectivity index (χ2v) is 16.8. The van der Waals surface area contributed by atoms with E-state index in [9.17, 15) is 0 Å². The fraction of sp³-hybridized carbons (Fsp3) is 0.389. The normalized spacial score (nSPS) is 21.3. The van der Waals surface area contributed by atoms with Gasteiger partial charge in [0.2, 0.25) is 0 Å². The number of allylic oxidation sites excluding steroid dienone is 1. The van der Waals surface area contributed by atoms with E-state index < -0.39 is 23.2 Å². The Labute approximate surface area is 258 Å². The van der Waals surface area contributed by atoms with Crippen LogP contribution in [0.4, 0.5) is 11.4 Å². The van der Waals surface area contributed by atoms with E-state index in [2.05, 4.69) is 156 Å². The number of para-hydroxylation sites is 2. The fourth-order valence-electron chi connectivity index (χ4n) is 6.60. The standard InChI is InChI=1S/C36H40N4O.Pt/c1-25-22-37-23-38(25)36(9,10)40-24-39(31-16-11-12-17-32(31)40)35(7,8)28-18-27(33(2,3)4)20-30(21-28)41-29-15-13-14-26(19-29)34(37,5)6;/h11-18,20,22H,1-10H3;/q-2;. The second kappa shape index (κ2) is 8.69. The van der Waals surface area contributed by atoms with Crippen molar-refractivity contribution in [3.8, 4) is 11.5 Å². The molecule has 4 heterocycles. The molecular weight excluding hydrogens is 700 g/mol. The van der Waals surface area contributed by atoms with Gasteiger partial charge in [-0.25, -0.2) is 0 Å². The van der Waals surface area contributed by atoms with Crippen LogP contribution in [-0.4, -0.2) is 23.8 Å². The van der Waals surface area contributed by atoms with Gasteiger partial charge in [-0.3, -0.25) is 0 Å². The molecule has 0 spiro atoms. The van der Waals surface area contributed by atoms with Crippen molar-refractivity contribution in [3.63, 3.8) is 0 Å². The third-order valence-corrected chi connectivity index (χ3v) is 12.2. The maximum atomic E-state index is 6.61. The molecule has 3 aromatic rings. The maximum absolute atomic E-state index is 6.61. The number of fused-ring (bicyclic) bond motifs is 7. The molecule has 42 heavy (non-hydrogen) atoms. The predicted octanol–water partition coefficient (Wildman–Crippen LogP) is 7.67. The molecule has 0 amide bonds. The zero-order valence-corrected chi connectivity index (χ0v) is 28.6. The molecule has 3 aromatic carbocycles. The van der Waals surface area contributed by atoms with E-state index in [4.69, 9.17) is 4.74 Å². The summed E-state index contributed by atoms with van der Waals surface area (Å²) in [6.45, 7) is 23.1. The van der Waals surface area contributed by atoms with Crippen LogP contribution in [0, 0.1) is 12.1 Å². The molecule has 4 aliphatic rings. The molecule has 0 radical (unpaired) electrons. The van der Waals surface area contributed by atoms with Crippen molar-refractivity contribution in [1.82, 2.24) is 9.80 Å². The molecule has 6 heteroatoms. The molecule has 5 nitrogen and oxygen atoms in total. The van der Waals surface area contributed by atoms with Gasteiger partial charge in [-0.1, -0.05) is 0 Å². The van der Waals surface area contributed by atoms with Gasteiger partial charge in [0.25, 0.3) is 0 Å². The molecule has 4 aliphatic heterocycles. The second-order valence-electron chi connectivity index (χ2n) is 14.2. The molecule has 0 aromatic heterocycles. The average molecular weight is 740 g/mol. The molecule has 0 saturated heterocycles. The van der Waals surface area contributed by atoms with Crippen LogP contribution in [0.1, 0.15) is 85.9 Å². The zero-order valence-electron chi connectivity index (χ0n) is 26.3. The van der Waals surface area contributed by atoms with Crippen molar-refractivity contribution >= 4 is 19.7 Å². The van der Waals surface area contributed by atoms with E-state index in [-0.39, 0.29) is 16.6 Å². The summed E-state index contributed by atoms with van der Waals surface area (Å²) in [7, 11) is 0. The van der Waals surface area contributed by atoms with Gasteiger partial charge in [-0.05, 0) is 0 Å². The van der Waals surface area contributed by atoms with Crippen LogP contribution in [0.2, 0.25) is 0 Å². The molecule has 0 atom stereocenters. The van der Waals surface area contributed by atoms with Crippen molar-refractivity contribution < 1.29 is 22.4 Å². The van der Waals surface area contributed by atoms with Crippen molar-refractivity contribution in [2.24, 2.45) is 0 Å². The Morgan fingerprint density at radius 1 is 0.714 bits per heavy atom. The first-order chi connectivity index (χ1) is 19.6. The van der Waals surface area contributed by atoms with E-state index in [1.165, 1.54) is 30.9 Å². The number of anilines is 2. The zero-order chi connectivity index (χ0) is 30.0. The molecule has 0 unspecified atom stereocenters. The summed E-state index contributed by atoms with van der Waals surface area (Å²) < 4.78 is 9.40. The minimum absolute atomic E-state index is 0.0527. The van der Waals surface area contributed by atoms with Crippen LogP contribution < -0.4 is 14.5 Å². The summed E-state index contributed by atoms with van der Waals surface area (Å²) in [4.78, 5) is 10.3. The van der Waals surface area contributed by atoms with E-state index in [0.29, 0.717) is 5.75 Å². The first-order valence-electron chi connectivity index (χ1n) is 14.7. The number of ether oxygens (including phenoxy) is 1. The van der Waals surface area contributed by atoms with Crippen molar-refractivity contribution in [2.75, 3.05) is 9.80 Å². The molecule has 222 valence electrons. The van der Waals surface area contributed by atoms with Gasteiger partial charge in [0.15, 0.2) is 0 Å². The third kappa shape index (κ3) is 3.78. The van der Waals surface area contributed by atoms with Gasteiger partial charge in [0.1, 0.15) is 0 Å². The van der Waals surface area contributed by atoms with E-state index in [0.717, 1.165) is 16.9 Å². The molecule has 0 saturated carbocycles. The van der Waals surface area contributed by atoms with Crippen molar-refractivity contribution in [1.29, 1.82) is 0 Å². The van der Waals surface area contributed by atoms with Crippen LogP contribution in [0.5, 0.6) is 11.5 Å². The van der Waals surface area contributed by atoms with Gasteiger partial charge in [-0.2, -0.15) is 0 Å². The molecule has 0 fully saturated rings. The fourth-order valence-corrected chi connectivity index (χ4v) is 11.7. The molecule has 0 N–H and O–H groups in total. The Hall–Kier alpha value is -3.17. The summed E-state index contributed by atoms with van der Waals surface area (Å²) in [5.74, 6) is 1.45. The van der Waals surface area contributed by atoms with Crippen LogP contribution in [0.3, 0.4) is 0 Å². The minimum atomic E-state index is -0.616. The predicted molar refractivity (Wildman–Crippen MR) is 168 cm³/mol. The van der Waals surface area contributed by atoms with Gasteiger partial charge in [0.05, 0.1) is 0 Å².